The van der Waals surface area contributed by atoms with E-state index >= 15 is 0 Å². The Labute approximate surface area is 121 Å². The Morgan fingerprint density at radius 2 is 1.81 bits per heavy atom. The first-order valence-electron chi connectivity index (χ1n) is 6.50. The Hall–Kier alpha value is -2.63. The molecule has 0 N–H and O–H groups in total. The molecule has 0 bridgehead atoms. The maximum absolute atomic E-state index is 12.6. The number of ketones is 1. The average Bonchev–Trinajstić information content (AvgIpc) is 2.49. The van der Waals surface area contributed by atoms with Gasteiger partial charge in [0.05, 0.1) is 12.2 Å². The number of para-hydroxylation sites is 1. The van der Waals surface area contributed by atoms with E-state index in [1.54, 1.807) is 24.3 Å². The Bertz CT molecular complexity index is 802. The van der Waals surface area contributed by atoms with Gasteiger partial charge < -0.3 is 9.30 Å². The van der Waals surface area contributed by atoms with Crippen molar-refractivity contribution >= 4 is 5.78 Å². The molecule has 0 aliphatic heterocycles. The van der Waals surface area contributed by atoms with Crippen molar-refractivity contribution in [2.75, 3.05) is 6.61 Å². The maximum atomic E-state index is 12.6. The molecule has 1 aromatic carbocycles. The quantitative estimate of drug-likeness (QED) is 0.777. The Balaban J connectivity index is 2.61. The van der Waals surface area contributed by atoms with Crippen LogP contribution in [0.1, 0.15) is 22.8 Å². The molecule has 0 saturated heterocycles. The summed E-state index contributed by atoms with van der Waals surface area (Å²) < 4.78 is 7.52. The molecule has 0 spiro atoms. The lowest BCUT2D eigenvalue weighted by Gasteiger charge is -2.10. The fraction of sp³-hybridized carbons (Fsp3) is 0.267. The molecule has 1 aromatic heterocycles. The third kappa shape index (κ3) is 2.65. The van der Waals surface area contributed by atoms with Crippen molar-refractivity contribution in [1.82, 2.24) is 9.13 Å². The number of nitrogens with zero attached hydrogens (tertiary/aromatic N) is 2. The van der Waals surface area contributed by atoms with Crippen LogP contribution >= 0.6 is 0 Å². The zero-order valence-corrected chi connectivity index (χ0v) is 12.1. The van der Waals surface area contributed by atoms with E-state index in [1.165, 1.54) is 24.9 Å². The SMILES string of the molecule is CCOc1ccccc1C(=O)c1cn(C)c(=O)n(C)c1=O. The zero-order chi connectivity index (χ0) is 15.6. The average molecular weight is 288 g/mol. The van der Waals surface area contributed by atoms with Gasteiger partial charge in [-0.05, 0) is 19.1 Å². The summed E-state index contributed by atoms with van der Waals surface area (Å²) >= 11 is 0. The van der Waals surface area contributed by atoms with Crippen molar-refractivity contribution in [3.8, 4) is 5.75 Å². The first-order valence-corrected chi connectivity index (χ1v) is 6.50. The van der Waals surface area contributed by atoms with Gasteiger partial charge in [-0.2, -0.15) is 0 Å². The lowest BCUT2D eigenvalue weighted by Crippen LogP contribution is -2.39. The van der Waals surface area contributed by atoms with Gasteiger partial charge >= 0.3 is 5.69 Å². The Kier molecular flexibility index (Phi) is 4.07. The molecule has 21 heavy (non-hydrogen) atoms. The van der Waals surface area contributed by atoms with Crippen LogP contribution < -0.4 is 16.0 Å². The lowest BCUT2D eigenvalue weighted by atomic mass is 10.0. The predicted molar refractivity (Wildman–Crippen MR) is 78.0 cm³/mol. The highest BCUT2D eigenvalue weighted by atomic mass is 16.5. The molecular weight excluding hydrogens is 272 g/mol. The van der Waals surface area contributed by atoms with Gasteiger partial charge in [0, 0.05) is 20.3 Å². The molecule has 6 nitrogen and oxygen atoms in total. The smallest absolute Gasteiger partial charge is 0.330 e. The summed E-state index contributed by atoms with van der Waals surface area (Å²) in [5, 5.41) is 0. The monoisotopic (exact) mass is 288 g/mol. The Morgan fingerprint density at radius 1 is 1.14 bits per heavy atom. The summed E-state index contributed by atoms with van der Waals surface area (Å²) in [6, 6.07) is 6.71. The molecule has 0 atom stereocenters. The lowest BCUT2D eigenvalue weighted by molar-refractivity contribution is 0.103. The highest BCUT2D eigenvalue weighted by molar-refractivity contribution is 6.10. The molecule has 0 saturated carbocycles. The minimum Gasteiger partial charge on any atom is -0.493 e. The van der Waals surface area contributed by atoms with Gasteiger partial charge in [-0.1, -0.05) is 12.1 Å². The van der Waals surface area contributed by atoms with Crippen LogP contribution in [0.2, 0.25) is 0 Å². The highest BCUT2D eigenvalue weighted by Crippen LogP contribution is 2.20. The fourth-order valence-electron chi connectivity index (χ4n) is 2.04. The van der Waals surface area contributed by atoms with Crippen molar-refractivity contribution in [3.63, 3.8) is 0 Å². The summed E-state index contributed by atoms with van der Waals surface area (Å²) in [6.45, 7) is 2.22. The van der Waals surface area contributed by atoms with E-state index in [-0.39, 0.29) is 5.56 Å². The van der Waals surface area contributed by atoms with Gasteiger partial charge in [-0.15, -0.1) is 0 Å². The topological polar surface area (TPSA) is 70.3 Å². The van der Waals surface area contributed by atoms with Gasteiger partial charge in [0.15, 0.2) is 0 Å². The van der Waals surface area contributed by atoms with Crippen molar-refractivity contribution in [2.45, 2.75) is 6.92 Å². The van der Waals surface area contributed by atoms with Gasteiger partial charge in [0.2, 0.25) is 5.78 Å². The minimum atomic E-state index is -0.616. The summed E-state index contributed by atoms with van der Waals surface area (Å²) in [6.07, 6.45) is 1.26. The van der Waals surface area contributed by atoms with E-state index in [9.17, 15) is 14.4 Å². The second-order valence-electron chi connectivity index (χ2n) is 4.56. The fourth-order valence-corrected chi connectivity index (χ4v) is 2.04. The molecule has 0 aliphatic carbocycles. The minimum absolute atomic E-state index is 0.0632. The summed E-state index contributed by atoms with van der Waals surface area (Å²) in [5.74, 6) is -0.0452. The van der Waals surface area contributed by atoms with Gasteiger partial charge in [0.1, 0.15) is 11.3 Å². The molecule has 0 fully saturated rings. The van der Waals surface area contributed by atoms with Crippen LogP contribution in [0.5, 0.6) is 5.75 Å². The van der Waals surface area contributed by atoms with Crippen LogP contribution in [0, 0.1) is 0 Å². The van der Waals surface area contributed by atoms with Gasteiger partial charge in [0.25, 0.3) is 5.56 Å². The molecule has 6 heteroatoms. The van der Waals surface area contributed by atoms with Crippen LogP contribution in [-0.4, -0.2) is 21.5 Å². The standard InChI is InChI=1S/C15H16N2O4/c1-4-21-12-8-6-5-7-10(12)13(18)11-9-16(2)15(20)17(3)14(11)19/h5-9H,4H2,1-3H3. The van der Waals surface area contributed by atoms with Crippen LogP contribution in [0.3, 0.4) is 0 Å². The first-order chi connectivity index (χ1) is 9.97. The number of benzene rings is 1. The highest BCUT2D eigenvalue weighted by Gasteiger charge is 2.19. The molecular formula is C15H16N2O4. The molecule has 1 heterocycles. The van der Waals surface area contributed by atoms with Crippen molar-refractivity contribution in [1.29, 1.82) is 0 Å². The van der Waals surface area contributed by atoms with Crippen molar-refractivity contribution < 1.29 is 9.53 Å². The molecule has 2 aromatic rings. The second-order valence-corrected chi connectivity index (χ2v) is 4.56. The van der Waals surface area contributed by atoms with E-state index < -0.39 is 17.0 Å². The predicted octanol–water partition coefficient (Wildman–Crippen LogP) is 0.714. The molecule has 110 valence electrons. The summed E-state index contributed by atoms with van der Waals surface area (Å²) in [7, 11) is 2.84. The third-order valence-electron chi connectivity index (χ3n) is 3.12. The van der Waals surface area contributed by atoms with Crippen molar-refractivity contribution in [2.24, 2.45) is 14.1 Å². The number of aromatic nitrogens is 2. The number of carbonyl (C=O) groups is 1. The molecule has 2 rings (SSSR count). The summed E-state index contributed by atoms with van der Waals surface area (Å²) in [5.41, 5.74) is -0.856. The van der Waals surface area contributed by atoms with Crippen molar-refractivity contribution in [3.05, 3.63) is 62.4 Å². The van der Waals surface area contributed by atoms with E-state index in [2.05, 4.69) is 0 Å². The van der Waals surface area contributed by atoms with Crippen LogP contribution in [0.15, 0.2) is 40.1 Å². The number of hydrogen-bond acceptors (Lipinski definition) is 4. The van der Waals surface area contributed by atoms with E-state index in [0.717, 1.165) is 4.57 Å². The van der Waals surface area contributed by atoms with Crippen LogP contribution in [-0.2, 0) is 14.1 Å². The van der Waals surface area contributed by atoms with E-state index in [0.29, 0.717) is 17.9 Å². The third-order valence-corrected chi connectivity index (χ3v) is 3.12. The number of ether oxygens (including phenoxy) is 1. The Morgan fingerprint density at radius 3 is 2.48 bits per heavy atom. The van der Waals surface area contributed by atoms with Crippen LogP contribution in [0.4, 0.5) is 0 Å². The summed E-state index contributed by atoms with van der Waals surface area (Å²) in [4.78, 5) is 36.3. The number of rotatable bonds is 4. The van der Waals surface area contributed by atoms with Crippen LogP contribution in [0.25, 0.3) is 0 Å². The molecule has 0 radical (unpaired) electrons. The number of aryl methyl sites for hydroxylation is 1. The molecule has 0 aliphatic rings. The zero-order valence-electron chi connectivity index (χ0n) is 12.1. The first kappa shape index (κ1) is 14.8. The normalized spacial score (nSPS) is 10.4. The van der Waals surface area contributed by atoms with Gasteiger partial charge in [-0.25, -0.2) is 4.79 Å². The van der Waals surface area contributed by atoms with Gasteiger partial charge in [-0.3, -0.25) is 14.2 Å². The molecule has 0 amide bonds. The number of hydrogen-bond donors (Lipinski definition) is 0. The second kappa shape index (κ2) is 5.78. The van der Waals surface area contributed by atoms with E-state index in [4.69, 9.17) is 4.74 Å². The number of carbonyl (C=O) groups excluding carboxylic acids is 1. The maximum Gasteiger partial charge on any atom is 0.330 e. The van der Waals surface area contributed by atoms with E-state index in [1.807, 2.05) is 6.92 Å². The largest absolute Gasteiger partial charge is 0.493 e. The molecule has 0 unspecified atom stereocenters.